The molecule has 8 rings (SSSR count). The molecule has 16 nitrogen and oxygen atoms in total. The minimum atomic E-state index is -4.64. The molecule has 2 aromatic carbocycles. The maximum absolute atomic E-state index is 15.0. The monoisotopic (exact) mass is 1060 g/mol. The molecule has 2 aromatic heterocycles. The summed E-state index contributed by atoms with van der Waals surface area (Å²) in [6.07, 6.45) is -0.723. The molecule has 4 aliphatic rings. The van der Waals surface area contributed by atoms with Crippen molar-refractivity contribution >= 4 is 40.6 Å². The smallest absolute Gasteiger partial charge is 0.406 e. The number of fused-ring (bicyclic) bond motifs is 6. The minimum Gasteiger partial charge on any atom is -0.464 e. The van der Waals surface area contributed by atoms with Gasteiger partial charge in [-0.05, 0) is 109 Å². The topological polar surface area (TPSA) is 168 Å². The molecule has 0 saturated carbocycles. The number of pyridine rings is 1. The summed E-state index contributed by atoms with van der Waals surface area (Å²) in [7, 11) is 3.04. The van der Waals surface area contributed by atoms with Crippen molar-refractivity contribution in [3.8, 4) is 22.4 Å². The van der Waals surface area contributed by atoms with Crippen LogP contribution in [0, 0.1) is 11.3 Å². The van der Waals surface area contributed by atoms with Crippen LogP contribution in [-0.2, 0) is 59.4 Å². The summed E-state index contributed by atoms with van der Waals surface area (Å²) >= 11 is 0. The van der Waals surface area contributed by atoms with Gasteiger partial charge in [0.05, 0.1) is 42.9 Å². The predicted octanol–water partition coefficient (Wildman–Crippen LogP) is 7.71. The number of hydrogen-bond donors (Lipinski definition) is 2. The molecular formula is C56H70F4N8O8. The van der Waals surface area contributed by atoms with Crippen LogP contribution in [0.25, 0.3) is 33.3 Å². The first-order chi connectivity index (χ1) is 36.0. The van der Waals surface area contributed by atoms with E-state index in [0.29, 0.717) is 97.4 Å². The molecule has 2 N–H and O–H groups in total. The molecule has 4 aromatic rings. The Balaban J connectivity index is 1.17. The Bertz CT molecular complexity index is 2840. The Morgan fingerprint density at radius 2 is 1.78 bits per heavy atom. The fourth-order valence-corrected chi connectivity index (χ4v) is 11.3. The van der Waals surface area contributed by atoms with E-state index in [2.05, 4.69) is 22.3 Å². The maximum atomic E-state index is 15.0. The van der Waals surface area contributed by atoms with Gasteiger partial charge in [0.2, 0.25) is 11.8 Å². The Hall–Kier alpha value is -6.38. The number of aromatic nitrogens is 2. The van der Waals surface area contributed by atoms with Gasteiger partial charge in [0.25, 0.3) is 5.91 Å². The molecule has 3 fully saturated rings. The number of likely N-dealkylation sites (N-methyl/N-ethyl adjacent to an activating group) is 1. The number of urea groups is 1. The molecule has 0 aliphatic carbocycles. The van der Waals surface area contributed by atoms with Gasteiger partial charge in [0.15, 0.2) is 0 Å². The van der Waals surface area contributed by atoms with Crippen LogP contribution in [0.3, 0.4) is 0 Å². The number of ether oxygens (including phenoxy) is 3. The number of carbonyl (C=O) groups excluding carboxylic acids is 5. The van der Waals surface area contributed by atoms with Crippen LogP contribution in [0.1, 0.15) is 88.8 Å². The van der Waals surface area contributed by atoms with Gasteiger partial charge in [-0.25, -0.2) is 14.6 Å². The summed E-state index contributed by atoms with van der Waals surface area (Å²) in [4.78, 5) is 79.7. The second-order valence-corrected chi connectivity index (χ2v) is 21.8. The Labute approximate surface area is 441 Å². The highest BCUT2D eigenvalue weighted by atomic mass is 19.4. The van der Waals surface area contributed by atoms with Crippen molar-refractivity contribution in [2.24, 2.45) is 11.3 Å². The van der Waals surface area contributed by atoms with Gasteiger partial charge in [-0.2, -0.15) is 13.2 Å². The third-order valence-electron chi connectivity index (χ3n) is 15.2. The number of morpholine rings is 1. The van der Waals surface area contributed by atoms with E-state index in [0.717, 1.165) is 0 Å². The van der Waals surface area contributed by atoms with Crippen molar-refractivity contribution < 1.29 is 55.7 Å². The summed E-state index contributed by atoms with van der Waals surface area (Å²) < 4.78 is 78.6. The number of methoxy groups -OCH3 is 1. The molecule has 4 atom stereocenters. The fraction of sp³-hybridized carbons (Fsp3) is 0.536. The number of nitrogens with one attached hydrogen (secondary N) is 2. The average Bonchev–Trinajstić information content (AvgIpc) is 3.72. The molecule has 0 radical (unpaired) electrons. The lowest BCUT2D eigenvalue weighted by Crippen LogP contribution is -2.63. The lowest BCUT2D eigenvalue weighted by Gasteiger charge is -2.47. The highest BCUT2D eigenvalue weighted by Crippen LogP contribution is 2.43. The van der Waals surface area contributed by atoms with Crippen LogP contribution in [0.5, 0.6) is 0 Å². The second kappa shape index (κ2) is 22.7. The molecule has 6 heterocycles. The third kappa shape index (κ3) is 12.1. The molecule has 76 heavy (non-hydrogen) atoms. The normalized spacial score (nSPS) is 21.0. The molecule has 20 heteroatoms. The zero-order valence-corrected chi connectivity index (χ0v) is 44.4. The van der Waals surface area contributed by atoms with Crippen LogP contribution >= 0.6 is 0 Å². The van der Waals surface area contributed by atoms with E-state index in [1.807, 2.05) is 13.8 Å². The van der Waals surface area contributed by atoms with Crippen LogP contribution in [0.4, 0.5) is 22.4 Å². The minimum absolute atomic E-state index is 0.137. The summed E-state index contributed by atoms with van der Waals surface area (Å²) in [6.45, 7) is 12.3. The Kier molecular flexibility index (Phi) is 16.7. The number of benzene rings is 2. The molecular weight excluding hydrogens is 989 g/mol. The molecule has 410 valence electrons. The summed E-state index contributed by atoms with van der Waals surface area (Å²) in [5, 5.41) is 4.75. The Morgan fingerprint density at radius 3 is 2.46 bits per heavy atom. The fourth-order valence-electron chi connectivity index (χ4n) is 11.3. The number of nitrogens with zero attached hydrogens (tertiary/aromatic N) is 6. The van der Waals surface area contributed by atoms with Crippen molar-refractivity contribution in [1.29, 1.82) is 0 Å². The second-order valence-electron chi connectivity index (χ2n) is 21.8. The summed E-state index contributed by atoms with van der Waals surface area (Å²) in [5.41, 5.74) is 5.36. The SMILES string of the molecule is C=CC(=O)N1CCOC2(CCN(C(=O)N(C)[C@H](C(=O)N[C@H]3Cc4cc(CF)cc(c4)-c4ccc5c(c4)c(c(-c4cccnc4[C@H](C)OC)n5CC(F)(F)F)CC(C)(C)COC(=O)C4CCCN(N4)C3=O)C(C)C)CC2)C1. The van der Waals surface area contributed by atoms with Crippen molar-refractivity contribution in [1.82, 2.24) is 40.0 Å². The van der Waals surface area contributed by atoms with Crippen molar-refractivity contribution in [3.63, 3.8) is 0 Å². The van der Waals surface area contributed by atoms with Crippen molar-refractivity contribution in [2.45, 2.75) is 122 Å². The number of alkyl halides is 4. The Morgan fingerprint density at radius 1 is 1.03 bits per heavy atom. The van der Waals surface area contributed by atoms with E-state index in [9.17, 15) is 37.1 Å². The predicted molar refractivity (Wildman–Crippen MR) is 277 cm³/mol. The number of hydrazine groups is 1. The number of hydrogen-bond acceptors (Lipinski definition) is 10. The van der Waals surface area contributed by atoms with Crippen LogP contribution in [0.2, 0.25) is 0 Å². The van der Waals surface area contributed by atoms with Gasteiger partial charge >= 0.3 is 18.2 Å². The third-order valence-corrected chi connectivity index (χ3v) is 15.2. The van der Waals surface area contributed by atoms with Gasteiger partial charge in [-0.15, -0.1) is 0 Å². The number of likely N-dealkylation sites (tertiary alicyclic amines) is 1. The first-order valence-electron chi connectivity index (χ1n) is 26.1. The first kappa shape index (κ1) is 55.8. The van der Waals surface area contributed by atoms with E-state index >= 15 is 4.39 Å². The molecule has 3 saturated heterocycles. The van der Waals surface area contributed by atoms with Gasteiger partial charge < -0.3 is 38.8 Å². The van der Waals surface area contributed by atoms with Crippen LogP contribution < -0.4 is 10.7 Å². The van der Waals surface area contributed by atoms with E-state index in [1.165, 1.54) is 27.7 Å². The van der Waals surface area contributed by atoms with Crippen LogP contribution in [-0.4, -0.2) is 149 Å². The quantitative estimate of drug-likeness (QED) is 0.0913. The highest BCUT2D eigenvalue weighted by Gasteiger charge is 2.44. The maximum Gasteiger partial charge on any atom is 0.406 e. The van der Waals surface area contributed by atoms with E-state index < -0.39 is 84.4 Å². The van der Waals surface area contributed by atoms with Gasteiger partial charge in [-0.1, -0.05) is 52.5 Å². The largest absolute Gasteiger partial charge is 0.464 e. The zero-order chi connectivity index (χ0) is 54.9. The first-order valence-corrected chi connectivity index (χ1v) is 26.1. The van der Waals surface area contributed by atoms with E-state index in [1.54, 1.807) is 92.3 Å². The highest BCUT2D eigenvalue weighted by molar-refractivity contribution is 5.96. The molecule has 1 spiro atoms. The number of piperidine rings is 1. The zero-order valence-electron chi connectivity index (χ0n) is 44.4. The number of amides is 5. The van der Waals surface area contributed by atoms with Crippen molar-refractivity contribution in [3.05, 3.63) is 89.8 Å². The number of rotatable bonds is 10. The summed E-state index contributed by atoms with van der Waals surface area (Å²) in [5.74, 6) is -2.44. The van der Waals surface area contributed by atoms with Gasteiger partial charge in [0.1, 0.15) is 31.3 Å². The number of carbonyl (C=O) groups is 5. The molecule has 4 aliphatic heterocycles. The van der Waals surface area contributed by atoms with E-state index in [-0.39, 0.29) is 48.7 Å². The number of cyclic esters (lactones) is 1. The standard InChI is InChI=1S/C56H70F4N8O8/c1-9-46(69)66-22-23-76-55(31-66)16-20-65(21-17-55)53(73)64(7)48(34(2)3)50(70)62-44-27-36-24-37(30-57)26-39(25-36)38-14-15-45-41(28-38)42(29-54(5,6)33-75-52(72)43-13-11-19-68(63-43)51(44)71)49(67(45)32-56(58,59)60)40-12-10-18-61-47(40)35(4)74-8/h9-10,12,14-15,18,24-26,28,34-35,43-44,48,63H,1,11,13,16-17,19-23,27,29-33H2,2-8H3,(H,62,70)/t35-,43?,44-,48-/m0/s1. The van der Waals surface area contributed by atoms with Crippen LogP contribution in [0.15, 0.2) is 67.4 Å². The lowest BCUT2D eigenvalue weighted by molar-refractivity contribution is -0.155. The van der Waals surface area contributed by atoms with Gasteiger partial charge in [-0.3, -0.25) is 29.2 Å². The average molecular weight is 1060 g/mol. The van der Waals surface area contributed by atoms with Crippen molar-refractivity contribution in [2.75, 3.05) is 60.1 Å². The molecule has 1 unspecified atom stereocenters. The van der Waals surface area contributed by atoms with Gasteiger partial charge in [0, 0.05) is 74.8 Å². The lowest BCUT2D eigenvalue weighted by atomic mass is 9.84. The molecule has 5 amide bonds. The number of halogens is 4. The van der Waals surface area contributed by atoms with E-state index in [4.69, 9.17) is 14.2 Å². The summed E-state index contributed by atoms with van der Waals surface area (Å²) in [6, 6.07) is 9.79. The molecule has 6 bridgehead atoms. The number of esters is 1.